The number of hydrogen-bond acceptors (Lipinski definition) is 3. The molecule has 0 aliphatic rings. The topological polar surface area (TPSA) is 66.8 Å². The number of carbonyl (C=O) groups is 1. The molecule has 0 fully saturated rings. The van der Waals surface area contributed by atoms with E-state index in [4.69, 9.17) is 26.6 Å². The van der Waals surface area contributed by atoms with Crippen molar-refractivity contribution in [3.63, 3.8) is 0 Å². The van der Waals surface area contributed by atoms with Gasteiger partial charge in [-0.25, -0.2) is 0 Å². The highest BCUT2D eigenvalue weighted by Gasteiger charge is 2.19. The Labute approximate surface area is 105 Å². The van der Waals surface area contributed by atoms with Crippen LogP contribution in [0.1, 0.15) is 17.9 Å². The second kappa shape index (κ2) is 7.27. The van der Waals surface area contributed by atoms with Crippen molar-refractivity contribution < 1.29 is 19.7 Å². The summed E-state index contributed by atoms with van der Waals surface area (Å²) in [6.07, 6.45) is 0.372. The molecule has 0 spiro atoms. The first-order chi connectivity index (χ1) is 8.15. The first kappa shape index (κ1) is 14.0. The Morgan fingerprint density at radius 3 is 2.47 bits per heavy atom. The van der Waals surface area contributed by atoms with Crippen molar-refractivity contribution in [1.29, 1.82) is 0 Å². The maximum atomic E-state index is 11.1. The average Bonchev–Trinajstić information content (AvgIpc) is 2.30. The van der Waals surface area contributed by atoms with E-state index in [9.17, 15) is 4.79 Å². The van der Waals surface area contributed by atoms with Gasteiger partial charge in [-0.15, -0.1) is 0 Å². The van der Waals surface area contributed by atoms with Crippen LogP contribution in [0.15, 0.2) is 24.3 Å². The Hall–Kier alpha value is -1.10. The van der Waals surface area contributed by atoms with Crippen molar-refractivity contribution in [2.24, 2.45) is 0 Å². The molecule has 0 aliphatic carbocycles. The molecule has 5 heteroatoms. The van der Waals surface area contributed by atoms with Crippen LogP contribution < -0.4 is 0 Å². The predicted molar refractivity (Wildman–Crippen MR) is 64.4 cm³/mol. The minimum atomic E-state index is -0.889. The Morgan fingerprint density at radius 2 is 1.94 bits per heavy atom. The minimum Gasteiger partial charge on any atom is -0.481 e. The molecule has 1 unspecified atom stereocenters. The summed E-state index contributed by atoms with van der Waals surface area (Å²) in [5.41, 5.74) is 0.703. The predicted octanol–water partition coefficient (Wildman–Crippen LogP) is 1.91. The van der Waals surface area contributed by atoms with Gasteiger partial charge in [-0.2, -0.15) is 0 Å². The smallest absolute Gasteiger partial charge is 0.311 e. The lowest BCUT2D eigenvalue weighted by Crippen LogP contribution is -2.14. The van der Waals surface area contributed by atoms with Crippen LogP contribution in [-0.4, -0.2) is 36.0 Å². The van der Waals surface area contributed by atoms with Crippen LogP contribution in [0, 0.1) is 0 Å². The zero-order valence-corrected chi connectivity index (χ0v) is 10.1. The van der Waals surface area contributed by atoms with E-state index in [0.29, 0.717) is 23.6 Å². The summed E-state index contributed by atoms with van der Waals surface area (Å²) in [5, 5.41) is 18.2. The highest BCUT2D eigenvalue weighted by molar-refractivity contribution is 6.30. The van der Waals surface area contributed by atoms with Crippen LogP contribution in [-0.2, 0) is 9.53 Å². The third-order valence-corrected chi connectivity index (χ3v) is 2.61. The van der Waals surface area contributed by atoms with Crippen LogP contribution in [0.3, 0.4) is 0 Å². The lowest BCUT2D eigenvalue weighted by molar-refractivity contribution is -0.139. The maximum absolute atomic E-state index is 11.1. The number of carboxylic acid groups (broad SMARTS) is 1. The molecule has 2 N–H and O–H groups in total. The maximum Gasteiger partial charge on any atom is 0.311 e. The standard InChI is InChI=1S/C12H15ClO4/c13-10-3-1-9(2-4-10)11(12(15)16)5-7-17-8-6-14/h1-4,11,14H,5-8H2,(H,15,16). The molecule has 0 radical (unpaired) electrons. The van der Waals surface area contributed by atoms with Crippen molar-refractivity contribution in [2.75, 3.05) is 19.8 Å². The van der Waals surface area contributed by atoms with E-state index in [2.05, 4.69) is 0 Å². The summed E-state index contributed by atoms with van der Waals surface area (Å²) >= 11 is 5.74. The highest BCUT2D eigenvalue weighted by Crippen LogP contribution is 2.22. The van der Waals surface area contributed by atoms with Gasteiger partial charge in [-0.1, -0.05) is 23.7 Å². The molecular weight excluding hydrogens is 244 g/mol. The molecule has 17 heavy (non-hydrogen) atoms. The molecule has 1 aromatic carbocycles. The van der Waals surface area contributed by atoms with Crippen LogP contribution in [0.25, 0.3) is 0 Å². The number of hydrogen-bond donors (Lipinski definition) is 2. The first-order valence-electron chi connectivity index (χ1n) is 5.32. The molecule has 94 valence electrons. The van der Waals surface area contributed by atoms with Crippen molar-refractivity contribution in [2.45, 2.75) is 12.3 Å². The van der Waals surface area contributed by atoms with E-state index >= 15 is 0 Å². The van der Waals surface area contributed by atoms with Gasteiger partial charge in [-0.3, -0.25) is 4.79 Å². The molecule has 1 rings (SSSR count). The Bertz CT molecular complexity index is 350. The number of ether oxygens (including phenoxy) is 1. The highest BCUT2D eigenvalue weighted by atomic mass is 35.5. The van der Waals surface area contributed by atoms with Gasteiger partial charge in [0.05, 0.1) is 19.1 Å². The normalized spacial score (nSPS) is 12.4. The molecule has 0 aliphatic heterocycles. The molecular formula is C12H15ClO4. The molecule has 0 saturated heterocycles. The van der Waals surface area contributed by atoms with Gasteiger partial charge in [0, 0.05) is 11.6 Å². The first-order valence-corrected chi connectivity index (χ1v) is 5.70. The van der Waals surface area contributed by atoms with Gasteiger partial charge in [0.15, 0.2) is 0 Å². The van der Waals surface area contributed by atoms with E-state index in [1.54, 1.807) is 24.3 Å². The third kappa shape index (κ3) is 4.73. The van der Waals surface area contributed by atoms with Gasteiger partial charge in [0.2, 0.25) is 0 Å². The van der Waals surface area contributed by atoms with E-state index in [-0.39, 0.29) is 13.2 Å². The number of halogens is 1. The van der Waals surface area contributed by atoms with Gasteiger partial charge in [0.25, 0.3) is 0 Å². The summed E-state index contributed by atoms with van der Waals surface area (Å²) in [7, 11) is 0. The lowest BCUT2D eigenvalue weighted by atomic mass is 9.96. The third-order valence-electron chi connectivity index (χ3n) is 2.36. The molecule has 0 bridgehead atoms. The number of benzene rings is 1. The summed E-state index contributed by atoms with van der Waals surface area (Å²) in [5.74, 6) is -1.49. The zero-order chi connectivity index (χ0) is 12.7. The van der Waals surface area contributed by atoms with Gasteiger partial charge < -0.3 is 14.9 Å². The van der Waals surface area contributed by atoms with Crippen molar-refractivity contribution in [3.8, 4) is 0 Å². The van der Waals surface area contributed by atoms with Gasteiger partial charge in [-0.05, 0) is 24.1 Å². The van der Waals surface area contributed by atoms with E-state index < -0.39 is 11.9 Å². The minimum absolute atomic E-state index is 0.0569. The number of aliphatic hydroxyl groups is 1. The number of rotatable bonds is 7. The fraction of sp³-hybridized carbons (Fsp3) is 0.417. The van der Waals surface area contributed by atoms with E-state index in [0.717, 1.165) is 0 Å². The molecule has 0 heterocycles. The molecule has 0 amide bonds. The number of carboxylic acids is 1. The second-order valence-corrected chi connectivity index (χ2v) is 4.00. The van der Waals surface area contributed by atoms with Gasteiger partial charge >= 0.3 is 5.97 Å². The summed E-state index contributed by atoms with van der Waals surface area (Å²) in [6.45, 7) is 0.478. The lowest BCUT2D eigenvalue weighted by Gasteiger charge is -2.12. The van der Waals surface area contributed by atoms with Crippen LogP contribution in [0.2, 0.25) is 5.02 Å². The number of aliphatic hydroxyl groups excluding tert-OH is 1. The molecule has 0 saturated carbocycles. The van der Waals surface area contributed by atoms with Crippen LogP contribution in [0.4, 0.5) is 0 Å². The Morgan fingerprint density at radius 1 is 1.29 bits per heavy atom. The average molecular weight is 259 g/mol. The van der Waals surface area contributed by atoms with Crippen molar-refractivity contribution in [1.82, 2.24) is 0 Å². The van der Waals surface area contributed by atoms with Crippen LogP contribution >= 0.6 is 11.6 Å². The quantitative estimate of drug-likeness (QED) is 0.733. The van der Waals surface area contributed by atoms with E-state index in [1.807, 2.05) is 0 Å². The fourth-order valence-corrected chi connectivity index (χ4v) is 1.62. The monoisotopic (exact) mass is 258 g/mol. The summed E-state index contributed by atoms with van der Waals surface area (Å²) in [4.78, 5) is 11.1. The Balaban J connectivity index is 2.59. The summed E-state index contributed by atoms with van der Waals surface area (Å²) < 4.78 is 5.07. The largest absolute Gasteiger partial charge is 0.481 e. The fourth-order valence-electron chi connectivity index (χ4n) is 1.50. The zero-order valence-electron chi connectivity index (χ0n) is 9.30. The molecule has 1 atom stereocenters. The van der Waals surface area contributed by atoms with Crippen molar-refractivity contribution in [3.05, 3.63) is 34.9 Å². The second-order valence-electron chi connectivity index (χ2n) is 3.57. The Kier molecular flexibility index (Phi) is 5.97. The summed E-state index contributed by atoms with van der Waals surface area (Å²) in [6, 6.07) is 6.74. The SMILES string of the molecule is O=C(O)C(CCOCCO)c1ccc(Cl)cc1. The molecule has 0 aromatic heterocycles. The van der Waals surface area contributed by atoms with Crippen molar-refractivity contribution >= 4 is 17.6 Å². The number of aliphatic carboxylic acids is 1. The molecule has 1 aromatic rings. The van der Waals surface area contributed by atoms with E-state index in [1.165, 1.54) is 0 Å². The van der Waals surface area contributed by atoms with Crippen LogP contribution in [0.5, 0.6) is 0 Å². The van der Waals surface area contributed by atoms with Gasteiger partial charge in [0.1, 0.15) is 0 Å². The molecule has 4 nitrogen and oxygen atoms in total.